The van der Waals surface area contributed by atoms with Crippen LogP contribution in [0.3, 0.4) is 0 Å². The Kier molecular flexibility index (Phi) is 5.33. The number of H-pyrrole nitrogens is 1. The van der Waals surface area contributed by atoms with Gasteiger partial charge in [0.15, 0.2) is 0 Å². The van der Waals surface area contributed by atoms with Gasteiger partial charge in [0.2, 0.25) is 0 Å². The van der Waals surface area contributed by atoms with Crippen LogP contribution in [0, 0.1) is 0 Å². The number of aromatic nitrogens is 2. The fourth-order valence-corrected chi connectivity index (χ4v) is 5.12. The zero-order valence-corrected chi connectivity index (χ0v) is 16.8. The van der Waals surface area contributed by atoms with Crippen molar-refractivity contribution in [3.63, 3.8) is 0 Å². The summed E-state index contributed by atoms with van der Waals surface area (Å²) >= 11 is 0. The first kappa shape index (κ1) is 20.2. The average Bonchev–Trinajstić information content (AvgIpc) is 3.20. The van der Waals surface area contributed by atoms with Crippen molar-refractivity contribution < 1.29 is 13.2 Å². The molecule has 2 aliphatic rings. The molecule has 1 aromatic heterocycles. The molecule has 5 nitrogen and oxygen atoms in total. The number of piperazine rings is 1. The van der Waals surface area contributed by atoms with Crippen molar-refractivity contribution in [3.05, 3.63) is 47.8 Å². The Morgan fingerprint density at radius 1 is 1.14 bits per heavy atom. The van der Waals surface area contributed by atoms with Crippen molar-refractivity contribution in [1.82, 2.24) is 20.8 Å². The van der Waals surface area contributed by atoms with Crippen molar-refractivity contribution in [3.8, 4) is 0 Å². The minimum atomic E-state index is -4.33. The SMILES string of the molecule is CC1NC(C)C2(CCNCC2)N(c2ccc(C(F)(F)F)cc2)C1Cc1cn[nH]c1. The fourth-order valence-electron chi connectivity index (χ4n) is 5.12. The Balaban J connectivity index is 1.76. The van der Waals surface area contributed by atoms with Gasteiger partial charge in [0.25, 0.3) is 0 Å². The van der Waals surface area contributed by atoms with E-state index < -0.39 is 11.7 Å². The number of alkyl halides is 3. The van der Waals surface area contributed by atoms with Crippen LogP contribution >= 0.6 is 0 Å². The van der Waals surface area contributed by atoms with Crippen LogP contribution in [0.15, 0.2) is 36.7 Å². The quantitative estimate of drug-likeness (QED) is 0.731. The van der Waals surface area contributed by atoms with Crippen molar-refractivity contribution >= 4 is 5.69 Å². The highest BCUT2D eigenvalue weighted by Crippen LogP contribution is 2.41. The van der Waals surface area contributed by atoms with E-state index in [-0.39, 0.29) is 23.7 Å². The molecular weight excluding hydrogens is 379 g/mol. The summed E-state index contributed by atoms with van der Waals surface area (Å²) < 4.78 is 39.4. The van der Waals surface area contributed by atoms with Gasteiger partial charge in [-0.25, -0.2) is 0 Å². The summed E-state index contributed by atoms with van der Waals surface area (Å²) in [6, 6.07) is 6.20. The highest BCUT2D eigenvalue weighted by molar-refractivity contribution is 5.54. The second kappa shape index (κ2) is 7.65. The largest absolute Gasteiger partial charge is 0.416 e. The van der Waals surface area contributed by atoms with Gasteiger partial charge in [-0.1, -0.05) is 0 Å². The molecule has 3 N–H and O–H groups in total. The van der Waals surface area contributed by atoms with Crippen LogP contribution in [0.5, 0.6) is 0 Å². The number of hydrogen-bond acceptors (Lipinski definition) is 4. The molecular formula is C21H28F3N5. The predicted octanol–water partition coefficient (Wildman–Crippen LogP) is 3.35. The molecule has 3 atom stereocenters. The number of benzene rings is 1. The molecule has 1 aromatic carbocycles. The van der Waals surface area contributed by atoms with Crippen LogP contribution < -0.4 is 15.5 Å². The minimum Gasteiger partial charge on any atom is -0.359 e. The Bertz CT molecular complexity index is 797. The average molecular weight is 407 g/mol. The zero-order valence-electron chi connectivity index (χ0n) is 16.8. The standard InChI is InChI=1S/C21H28F3N5/c1-14-19(11-16-12-26-27-13-16)29(18-5-3-17(4-6-18)21(22,23)24)20(15(2)28-14)7-9-25-10-8-20/h3-6,12-15,19,25,28H,7-11H2,1-2H3,(H,26,27). The van der Waals surface area contributed by atoms with Gasteiger partial charge in [-0.15, -0.1) is 0 Å². The number of rotatable bonds is 3. The molecule has 1 spiro atoms. The second-order valence-corrected chi connectivity index (χ2v) is 8.32. The molecule has 0 bridgehead atoms. The van der Waals surface area contributed by atoms with Gasteiger partial charge in [0.1, 0.15) is 0 Å². The Morgan fingerprint density at radius 2 is 1.83 bits per heavy atom. The number of nitrogens with zero attached hydrogens (tertiary/aromatic N) is 2. The number of nitrogens with one attached hydrogen (secondary N) is 3. The summed E-state index contributed by atoms with van der Waals surface area (Å²) in [5.74, 6) is 0. The van der Waals surface area contributed by atoms with E-state index in [1.54, 1.807) is 12.1 Å². The Labute approximate surface area is 169 Å². The molecule has 3 unspecified atom stereocenters. The third kappa shape index (κ3) is 3.75. The number of anilines is 1. The van der Waals surface area contributed by atoms with E-state index in [1.807, 2.05) is 12.4 Å². The molecule has 4 rings (SSSR count). The maximum absolute atomic E-state index is 13.1. The third-order valence-corrected chi connectivity index (χ3v) is 6.65. The van der Waals surface area contributed by atoms with Crippen molar-refractivity contribution in [2.75, 3.05) is 18.0 Å². The number of halogens is 3. The minimum absolute atomic E-state index is 0.110. The van der Waals surface area contributed by atoms with Crippen LogP contribution in [0.1, 0.15) is 37.8 Å². The molecule has 3 heterocycles. The second-order valence-electron chi connectivity index (χ2n) is 8.32. The van der Waals surface area contributed by atoms with Gasteiger partial charge in [-0.3, -0.25) is 5.10 Å². The highest BCUT2D eigenvalue weighted by Gasteiger charge is 2.50. The fraction of sp³-hybridized carbons (Fsp3) is 0.571. The van der Waals surface area contributed by atoms with E-state index in [4.69, 9.17) is 0 Å². The molecule has 2 aromatic rings. The number of hydrogen-bond donors (Lipinski definition) is 3. The normalized spacial score (nSPS) is 27.3. The summed E-state index contributed by atoms with van der Waals surface area (Å²) in [6.07, 6.45) is 2.04. The van der Waals surface area contributed by atoms with Crippen LogP contribution in [0.2, 0.25) is 0 Å². The van der Waals surface area contributed by atoms with Crippen LogP contribution in [0.4, 0.5) is 18.9 Å². The topological polar surface area (TPSA) is 56.0 Å². The van der Waals surface area contributed by atoms with Crippen molar-refractivity contribution in [2.45, 2.75) is 63.0 Å². The van der Waals surface area contributed by atoms with E-state index >= 15 is 0 Å². The summed E-state index contributed by atoms with van der Waals surface area (Å²) in [7, 11) is 0. The molecule has 0 aliphatic carbocycles. The molecule has 0 radical (unpaired) electrons. The Morgan fingerprint density at radius 3 is 2.41 bits per heavy atom. The molecule has 2 aliphatic heterocycles. The number of aromatic amines is 1. The lowest BCUT2D eigenvalue weighted by molar-refractivity contribution is -0.137. The summed E-state index contributed by atoms with van der Waals surface area (Å²) in [4.78, 5) is 2.41. The predicted molar refractivity (Wildman–Crippen MR) is 107 cm³/mol. The van der Waals surface area contributed by atoms with Crippen LogP contribution in [0.25, 0.3) is 0 Å². The zero-order chi connectivity index (χ0) is 20.6. The maximum atomic E-state index is 13.1. The first-order valence-electron chi connectivity index (χ1n) is 10.2. The van der Waals surface area contributed by atoms with Gasteiger partial charge in [0, 0.05) is 30.0 Å². The van der Waals surface area contributed by atoms with E-state index in [1.165, 1.54) is 12.1 Å². The number of piperidine rings is 1. The molecule has 2 fully saturated rings. The first-order chi connectivity index (χ1) is 13.8. The van der Waals surface area contributed by atoms with Gasteiger partial charge < -0.3 is 15.5 Å². The highest BCUT2D eigenvalue weighted by atomic mass is 19.4. The van der Waals surface area contributed by atoms with Crippen molar-refractivity contribution in [1.29, 1.82) is 0 Å². The maximum Gasteiger partial charge on any atom is 0.416 e. The van der Waals surface area contributed by atoms with Gasteiger partial charge in [0.05, 0.1) is 17.3 Å². The lowest BCUT2D eigenvalue weighted by Gasteiger charge is -2.60. The Hall–Kier alpha value is -2.06. The third-order valence-electron chi connectivity index (χ3n) is 6.65. The van der Waals surface area contributed by atoms with E-state index in [0.29, 0.717) is 0 Å². The smallest absolute Gasteiger partial charge is 0.359 e. The molecule has 29 heavy (non-hydrogen) atoms. The van der Waals surface area contributed by atoms with Gasteiger partial charge in [-0.05, 0) is 76.0 Å². The van der Waals surface area contributed by atoms with E-state index in [9.17, 15) is 13.2 Å². The summed E-state index contributed by atoms with van der Waals surface area (Å²) in [5.41, 5.74) is 1.20. The van der Waals surface area contributed by atoms with Crippen molar-refractivity contribution in [2.24, 2.45) is 0 Å². The first-order valence-corrected chi connectivity index (χ1v) is 10.2. The molecule has 0 saturated carbocycles. The lowest BCUT2D eigenvalue weighted by atomic mass is 9.74. The van der Waals surface area contributed by atoms with Gasteiger partial charge >= 0.3 is 6.18 Å². The molecule has 158 valence electrons. The molecule has 2 saturated heterocycles. The van der Waals surface area contributed by atoms with Crippen LogP contribution in [-0.4, -0.2) is 47.0 Å². The monoisotopic (exact) mass is 407 g/mol. The van der Waals surface area contributed by atoms with E-state index in [0.717, 1.165) is 43.6 Å². The summed E-state index contributed by atoms with van der Waals surface area (Å²) in [6.45, 7) is 6.16. The van der Waals surface area contributed by atoms with Gasteiger partial charge in [-0.2, -0.15) is 18.3 Å². The molecule has 8 heteroatoms. The summed E-state index contributed by atoms with van der Waals surface area (Å²) in [5, 5.41) is 14.1. The van der Waals surface area contributed by atoms with E-state index in [2.05, 4.69) is 39.6 Å². The lowest BCUT2D eigenvalue weighted by Crippen LogP contribution is -2.75. The van der Waals surface area contributed by atoms with Crippen LogP contribution in [-0.2, 0) is 12.6 Å². The molecule has 0 amide bonds.